The smallest absolute Gasteiger partial charge is 0.328 e. The van der Waals surface area contributed by atoms with Gasteiger partial charge in [0.2, 0.25) is 0 Å². The molecule has 1 rings (SSSR count). The van der Waals surface area contributed by atoms with E-state index < -0.39 is 5.97 Å². The molecule has 0 aromatic heterocycles. The normalized spacial score (nSPS) is 10.7. The first kappa shape index (κ1) is 10.3. The third-order valence-electron chi connectivity index (χ3n) is 1.97. The minimum absolute atomic E-state index is 0.201. The first-order valence-corrected chi connectivity index (χ1v) is 4.22. The first-order valence-electron chi connectivity index (χ1n) is 4.22. The molecule has 0 unspecified atom stereocenters. The highest BCUT2D eigenvalue weighted by Gasteiger charge is 2.01. The molecule has 0 radical (unpaired) electrons. The van der Waals surface area contributed by atoms with Gasteiger partial charge >= 0.3 is 5.97 Å². The Morgan fingerprint density at radius 3 is 2.21 bits per heavy atom. The summed E-state index contributed by atoms with van der Waals surface area (Å²) in [6.07, 6.45) is 2.62. The second kappa shape index (κ2) is 3.96. The molecule has 0 atom stereocenters. The van der Waals surface area contributed by atoms with Crippen molar-refractivity contribution in [2.45, 2.75) is 13.8 Å². The molecular weight excluding hydrogens is 180 g/mol. The standard InChI is InChI=1S/C11H12O3/c1-7-5-9(12)6-8(2)10(7)3-4-11(13)14/h3-6,12H,1-2H3,(H,13,14). The molecule has 74 valence electrons. The monoisotopic (exact) mass is 192 g/mol. The van der Waals surface area contributed by atoms with Crippen molar-refractivity contribution in [3.63, 3.8) is 0 Å². The van der Waals surface area contributed by atoms with Gasteiger partial charge in [-0.15, -0.1) is 0 Å². The van der Waals surface area contributed by atoms with E-state index in [0.29, 0.717) is 0 Å². The van der Waals surface area contributed by atoms with Crippen molar-refractivity contribution in [3.05, 3.63) is 34.9 Å². The summed E-state index contributed by atoms with van der Waals surface area (Å²) in [5, 5.41) is 17.7. The van der Waals surface area contributed by atoms with Crippen molar-refractivity contribution in [2.24, 2.45) is 0 Å². The number of aliphatic carboxylic acids is 1. The minimum Gasteiger partial charge on any atom is -0.508 e. The third-order valence-corrected chi connectivity index (χ3v) is 1.97. The van der Waals surface area contributed by atoms with E-state index in [1.54, 1.807) is 12.1 Å². The summed E-state index contributed by atoms with van der Waals surface area (Å²) < 4.78 is 0. The Balaban J connectivity index is 3.15. The average Bonchev–Trinajstić information content (AvgIpc) is 2.01. The molecule has 1 aromatic carbocycles. The van der Waals surface area contributed by atoms with E-state index in [-0.39, 0.29) is 5.75 Å². The Hall–Kier alpha value is -1.77. The topological polar surface area (TPSA) is 57.5 Å². The van der Waals surface area contributed by atoms with E-state index in [0.717, 1.165) is 22.8 Å². The van der Waals surface area contributed by atoms with Crippen molar-refractivity contribution in [3.8, 4) is 5.75 Å². The number of rotatable bonds is 2. The predicted octanol–water partition coefficient (Wildman–Crippen LogP) is 2.11. The molecule has 0 saturated heterocycles. The van der Waals surface area contributed by atoms with Crippen LogP contribution in [0.25, 0.3) is 6.08 Å². The number of carboxylic acids is 1. The minimum atomic E-state index is -0.975. The van der Waals surface area contributed by atoms with Gasteiger partial charge in [0.05, 0.1) is 0 Å². The quantitative estimate of drug-likeness (QED) is 0.705. The summed E-state index contributed by atoms with van der Waals surface area (Å²) in [6.45, 7) is 3.66. The molecular formula is C11H12O3. The largest absolute Gasteiger partial charge is 0.508 e. The lowest BCUT2D eigenvalue weighted by atomic mass is 10.0. The summed E-state index contributed by atoms with van der Waals surface area (Å²) in [7, 11) is 0. The molecule has 0 aliphatic heterocycles. The molecule has 0 amide bonds. The molecule has 1 aromatic rings. The fraction of sp³-hybridized carbons (Fsp3) is 0.182. The van der Waals surface area contributed by atoms with Crippen molar-refractivity contribution >= 4 is 12.0 Å². The van der Waals surface area contributed by atoms with Gasteiger partial charge < -0.3 is 10.2 Å². The van der Waals surface area contributed by atoms with Crippen LogP contribution in [-0.2, 0) is 4.79 Å². The maximum atomic E-state index is 10.3. The summed E-state index contributed by atoms with van der Waals surface area (Å²) in [6, 6.07) is 3.21. The molecule has 14 heavy (non-hydrogen) atoms. The molecule has 0 heterocycles. The van der Waals surface area contributed by atoms with Gasteiger partial charge in [0.25, 0.3) is 0 Å². The van der Waals surface area contributed by atoms with Crippen LogP contribution < -0.4 is 0 Å². The Morgan fingerprint density at radius 2 is 1.79 bits per heavy atom. The molecule has 0 spiro atoms. The molecule has 0 aliphatic rings. The van der Waals surface area contributed by atoms with Gasteiger partial charge in [0.1, 0.15) is 5.75 Å². The second-order valence-electron chi connectivity index (χ2n) is 3.16. The van der Waals surface area contributed by atoms with Crippen LogP contribution in [-0.4, -0.2) is 16.2 Å². The Bertz CT molecular complexity index is 369. The van der Waals surface area contributed by atoms with Crippen molar-refractivity contribution in [2.75, 3.05) is 0 Å². The fourth-order valence-electron chi connectivity index (χ4n) is 1.37. The summed E-state index contributed by atoms with van der Waals surface area (Å²) in [5.74, 6) is -0.774. The Labute approximate surface area is 82.3 Å². The maximum absolute atomic E-state index is 10.3. The zero-order chi connectivity index (χ0) is 10.7. The van der Waals surface area contributed by atoms with Crippen LogP contribution in [0.2, 0.25) is 0 Å². The SMILES string of the molecule is Cc1cc(O)cc(C)c1C=CC(=O)O. The molecule has 0 saturated carbocycles. The first-order chi connectivity index (χ1) is 6.50. The molecule has 2 N–H and O–H groups in total. The highest BCUT2D eigenvalue weighted by molar-refractivity contribution is 5.86. The number of hydrogen-bond donors (Lipinski definition) is 2. The van der Waals surface area contributed by atoms with Crippen LogP contribution in [0.5, 0.6) is 5.75 Å². The van der Waals surface area contributed by atoms with Crippen molar-refractivity contribution < 1.29 is 15.0 Å². The van der Waals surface area contributed by atoms with Crippen LogP contribution >= 0.6 is 0 Å². The summed E-state index contributed by atoms with van der Waals surface area (Å²) in [4.78, 5) is 10.3. The van der Waals surface area contributed by atoms with Crippen LogP contribution in [0.4, 0.5) is 0 Å². The van der Waals surface area contributed by atoms with E-state index in [1.807, 2.05) is 13.8 Å². The number of aromatic hydroxyl groups is 1. The van der Waals surface area contributed by atoms with Gasteiger partial charge in [0.15, 0.2) is 0 Å². The lowest BCUT2D eigenvalue weighted by Crippen LogP contribution is -1.89. The zero-order valence-electron chi connectivity index (χ0n) is 8.11. The third kappa shape index (κ3) is 2.36. The fourth-order valence-corrected chi connectivity index (χ4v) is 1.37. The predicted molar refractivity (Wildman–Crippen MR) is 54.3 cm³/mol. The van der Waals surface area contributed by atoms with Crippen LogP contribution in [0.3, 0.4) is 0 Å². The van der Waals surface area contributed by atoms with Crippen LogP contribution in [0.1, 0.15) is 16.7 Å². The van der Waals surface area contributed by atoms with E-state index in [2.05, 4.69) is 0 Å². The van der Waals surface area contributed by atoms with E-state index >= 15 is 0 Å². The Morgan fingerprint density at radius 1 is 1.29 bits per heavy atom. The zero-order valence-corrected chi connectivity index (χ0v) is 8.11. The van der Waals surface area contributed by atoms with Crippen LogP contribution in [0.15, 0.2) is 18.2 Å². The number of phenols is 1. The van der Waals surface area contributed by atoms with Gasteiger partial charge in [-0.25, -0.2) is 4.79 Å². The highest BCUT2D eigenvalue weighted by atomic mass is 16.4. The van der Waals surface area contributed by atoms with E-state index in [4.69, 9.17) is 5.11 Å². The summed E-state index contributed by atoms with van der Waals surface area (Å²) in [5.41, 5.74) is 2.56. The number of aryl methyl sites for hydroxylation is 2. The van der Waals surface area contributed by atoms with Crippen molar-refractivity contribution in [1.82, 2.24) is 0 Å². The second-order valence-corrected chi connectivity index (χ2v) is 3.16. The molecule has 0 aliphatic carbocycles. The highest BCUT2D eigenvalue weighted by Crippen LogP contribution is 2.21. The number of phenolic OH excluding ortho intramolecular Hbond substituents is 1. The number of hydrogen-bond acceptors (Lipinski definition) is 2. The number of carboxylic acid groups (broad SMARTS) is 1. The maximum Gasteiger partial charge on any atom is 0.328 e. The van der Waals surface area contributed by atoms with Gasteiger partial charge in [-0.3, -0.25) is 0 Å². The van der Waals surface area contributed by atoms with E-state index in [1.165, 1.54) is 6.08 Å². The molecule has 0 fully saturated rings. The average molecular weight is 192 g/mol. The van der Waals surface area contributed by atoms with Crippen LogP contribution in [0, 0.1) is 13.8 Å². The van der Waals surface area contributed by atoms with Gasteiger partial charge in [-0.05, 0) is 48.7 Å². The lowest BCUT2D eigenvalue weighted by molar-refractivity contribution is -0.131. The van der Waals surface area contributed by atoms with Gasteiger partial charge in [-0.2, -0.15) is 0 Å². The molecule has 3 heteroatoms. The lowest BCUT2D eigenvalue weighted by Gasteiger charge is -2.05. The van der Waals surface area contributed by atoms with E-state index in [9.17, 15) is 9.90 Å². The van der Waals surface area contributed by atoms with Gasteiger partial charge in [0, 0.05) is 6.08 Å². The number of benzene rings is 1. The summed E-state index contributed by atoms with van der Waals surface area (Å²) >= 11 is 0. The number of carbonyl (C=O) groups is 1. The Kier molecular flexibility index (Phi) is 2.92. The van der Waals surface area contributed by atoms with Crippen molar-refractivity contribution in [1.29, 1.82) is 0 Å². The molecule has 3 nitrogen and oxygen atoms in total. The van der Waals surface area contributed by atoms with Gasteiger partial charge in [-0.1, -0.05) is 0 Å². The molecule has 0 bridgehead atoms.